The summed E-state index contributed by atoms with van der Waals surface area (Å²) in [6.07, 6.45) is 2.04. The maximum Gasteiger partial charge on any atom is 0.155 e. The molecule has 1 heterocycles. The van der Waals surface area contributed by atoms with E-state index in [0.717, 1.165) is 10.5 Å². The third-order valence-corrected chi connectivity index (χ3v) is 3.43. The number of aryl methyl sites for hydroxylation is 1. The van der Waals surface area contributed by atoms with Crippen LogP contribution in [-0.2, 0) is 0 Å². The summed E-state index contributed by atoms with van der Waals surface area (Å²) in [6, 6.07) is 7.95. The number of hydrogen-bond acceptors (Lipinski definition) is 4. The first kappa shape index (κ1) is 12.1. The highest BCUT2D eigenvalue weighted by atomic mass is 35.5. The fourth-order valence-corrected chi connectivity index (χ4v) is 2.53. The summed E-state index contributed by atoms with van der Waals surface area (Å²) in [6.45, 7) is 2.01. The lowest BCUT2D eigenvalue weighted by Crippen LogP contribution is -1.93. The van der Waals surface area contributed by atoms with Crippen LogP contribution in [0.4, 0.5) is 0 Å². The number of rotatable bonds is 3. The number of halogens is 1. The summed E-state index contributed by atoms with van der Waals surface area (Å²) in [4.78, 5) is 19.8. The Morgan fingerprint density at radius 2 is 2.18 bits per heavy atom. The number of benzene rings is 1. The van der Waals surface area contributed by atoms with Crippen molar-refractivity contribution in [1.82, 2.24) is 9.97 Å². The Morgan fingerprint density at radius 3 is 2.88 bits per heavy atom. The predicted octanol–water partition coefficient (Wildman–Crippen LogP) is 3.40. The molecule has 17 heavy (non-hydrogen) atoms. The molecular formula is C12H9ClN2OS. The number of carbonyl (C=O) groups excluding carboxylic acids is 1. The summed E-state index contributed by atoms with van der Waals surface area (Å²) in [5.41, 5.74) is 1.49. The van der Waals surface area contributed by atoms with E-state index in [1.807, 2.05) is 31.2 Å². The van der Waals surface area contributed by atoms with Gasteiger partial charge >= 0.3 is 0 Å². The van der Waals surface area contributed by atoms with Gasteiger partial charge in [-0.25, -0.2) is 9.97 Å². The second-order valence-corrected chi connectivity index (χ2v) is 4.84. The second-order valence-electron chi connectivity index (χ2n) is 3.42. The van der Waals surface area contributed by atoms with E-state index in [2.05, 4.69) is 9.97 Å². The van der Waals surface area contributed by atoms with Crippen molar-refractivity contribution in [2.75, 3.05) is 0 Å². The molecule has 0 bridgehead atoms. The minimum Gasteiger partial charge on any atom is -0.298 e. The molecule has 0 saturated heterocycles. The van der Waals surface area contributed by atoms with Gasteiger partial charge in [-0.3, -0.25) is 4.79 Å². The zero-order chi connectivity index (χ0) is 12.3. The highest BCUT2D eigenvalue weighted by Gasteiger charge is 2.10. The molecule has 0 aliphatic carbocycles. The molecule has 1 aromatic heterocycles. The first-order valence-electron chi connectivity index (χ1n) is 4.91. The van der Waals surface area contributed by atoms with E-state index >= 15 is 0 Å². The van der Waals surface area contributed by atoms with E-state index in [1.165, 1.54) is 18.1 Å². The topological polar surface area (TPSA) is 42.9 Å². The number of hydrogen-bond donors (Lipinski definition) is 0. The highest BCUT2D eigenvalue weighted by Crippen LogP contribution is 2.30. The summed E-state index contributed by atoms with van der Waals surface area (Å²) in [7, 11) is 0. The fourth-order valence-electron chi connectivity index (χ4n) is 1.33. The summed E-state index contributed by atoms with van der Waals surface area (Å²) in [5, 5.41) is 0.760. The van der Waals surface area contributed by atoms with Crippen molar-refractivity contribution in [3.63, 3.8) is 0 Å². The molecule has 0 amide bonds. The minimum atomic E-state index is 0.185. The molecule has 0 atom stereocenters. The van der Waals surface area contributed by atoms with Crippen LogP contribution in [0, 0.1) is 6.92 Å². The van der Waals surface area contributed by atoms with Gasteiger partial charge in [-0.15, -0.1) is 0 Å². The van der Waals surface area contributed by atoms with E-state index in [-0.39, 0.29) is 5.15 Å². The maximum absolute atomic E-state index is 10.9. The molecule has 0 unspecified atom stereocenters. The third kappa shape index (κ3) is 2.84. The Labute approximate surface area is 108 Å². The summed E-state index contributed by atoms with van der Waals surface area (Å²) >= 11 is 7.23. The lowest BCUT2D eigenvalue weighted by atomic mass is 10.2. The van der Waals surface area contributed by atoms with Crippen LogP contribution in [0.5, 0.6) is 0 Å². The van der Waals surface area contributed by atoms with Crippen LogP contribution in [0.1, 0.15) is 15.9 Å². The Kier molecular flexibility index (Phi) is 3.76. The molecule has 0 spiro atoms. The Balaban J connectivity index is 2.36. The van der Waals surface area contributed by atoms with Crippen LogP contribution in [0.3, 0.4) is 0 Å². The van der Waals surface area contributed by atoms with Gasteiger partial charge < -0.3 is 0 Å². The molecule has 0 aliphatic heterocycles. The number of aldehydes is 1. The van der Waals surface area contributed by atoms with Crippen molar-refractivity contribution in [1.29, 1.82) is 0 Å². The minimum absolute atomic E-state index is 0.185. The smallest absolute Gasteiger partial charge is 0.155 e. The van der Waals surface area contributed by atoms with Gasteiger partial charge in [-0.1, -0.05) is 41.1 Å². The molecule has 0 saturated carbocycles. The van der Waals surface area contributed by atoms with Crippen LogP contribution < -0.4 is 0 Å². The third-order valence-electron chi connectivity index (χ3n) is 2.12. The van der Waals surface area contributed by atoms with E-state index < -0.39 is 0 Å². The molecule has 86 valence electrons. The highest BCUT2D eigenvalue weighted by molar-refractivity contribution is 7.99. The molecule has 0 radical (unpaired) electrons. The van der Waals surface area contributed by atoms with Gasteiger partial charge in [-0.2, -0.15) is 0 Å². The average molecular weight is 265 g/mol. The SMILES string of the molecule is Cc1cccc(Sc2ncnc(Cl)c2C=O)c1. The maximum atomic E-state index is 10.9. The Morgan fingerprint density at radius 1 is 1.35 bits per heavy atom. The van der Waals surface area contributed by atoms with Crippen LogP contribution in [0.2, 0.25) is 5.15 Å². The van der Waals surface area contributed by atoms with Crippen LogP contribution in [0.25, 0.3) is 0 Å². The molecule has 3 nitrogen and oxygen atoms in total. The van der Waals surface area contributed by atoms with E-state index in [4.69, 9.17) is 11.6 Å². The quantitative estimate of drug-likeness (QED) is 0.629. The molecular weight excluding hydrogens is 256 g/mol. The Bertz CT molecular complexity index is 560. The molecule has 2 aromatic rings. The summed E-state index contributed by atoms with van der Waals surface area (Å²) in [5.74, 6) is 0. The number of nitrogens with zero attached hydrogens (tertiary/aromatic N) is 2. The van der Waals surface area contributed by atoms with Crippen LogP contribution >= 0.6 is 23.4 Å². The predicted molar refractivity (Wildman–Crippen MR) is 67.7 cm³/mol. The second kappa shape index (κ2) is 5.29. The van der Waals surface area contributed by atoms with Crippen molar-refractivity contribution >= 4 is 29.6 Å². The van der Waals surface area contributed by atoms with E-state index in [0.29, 0.717) is 16.9 Å². The van der Waals surface area contributed by atoms with Gasteiger partial charge in [-0.05, 0) is 19.1 Å². The zero-order valence-electron chi connectivity index (χ0n) is 9.05. The van der Waals surface area contributed by atoms with Gasteiger partial charge in [0.2, 0.25) is 0 Å². The molecule has 0 aliphatic rings. The largest absolute Gasteiger partial charge is 0.298 e. The number of carbonyl (C=O) groups is 1. The zero-order valence-corrected chi connectivity index (χ0v) is 10.6. The normalized spacial score (nSPS) is 10.2. The van der Waals surface area contributed by atoms with Crippen molar-refractivity contribution in [2.45, 2.75) is 16.8 Å². The van der Waals surface area contributed by atoms with Crippen molar-refractivity contribution in [2.24, 2.45) is 0 Å². The molecule has 1 aromatic carbocycles. The van der Waals surface area contributed by atoms with Gasteiger partial charge in [0, 0.05) is 4.90 Å². The average Bonchev–Trinajstić information content (AvgIpc) is 2.29. The van der Waals surface area contributed by atoms with Crippen LogP contribution in [0.15, 0.2) is 40.5 Å². The lowest BCUT2D eigenvalue weighted by molar-refractivity contribution is 0.112. The van der Waals surface area contributed by atoms with Gasteiger partial charge in [0.05, 0.1) is 5.56 Å². The lowest BCUT2D eigenvalue weighted by Gasteiger charge is -2.04. The summed E-state index contributed by atoms with van der Waals surface area (Å²) < 4.78 is 0. The van der Waals surface area contributed by atoms with E-state index in [9.17, 15) is 4.79 Å². The van der Waals surface area contributed by atoms with Gasteiger partial charge in [0.1, 0.15) is 16.5 Å². The molecule has 0 fully saturated rings. The monoisotopic (exact) mass is 264 g/mol. The van der Waals surface area contributed by atoms with Gasteiger partial charge in [0.15, 0.2) is 6.29 Å². The van der Waals surface area contributed by atoms with Crippen LogP contribution in [-0.4, -0.2) is 16.3 Å². The number of aromatic nitrogens is 2. The Hall–Kier alpha value is -1.39. The van der Waals surface area contributed by atoms with Crippen molar-refractivity contribution in [3.8, 4) is 0 Å². The standard InChI is InChI=1S/C12H9ClN2OS/c1-8-3-2-4-9(5-8)17-12-10(6-16)11(13)14-7-15-12/h2-7H,1H3. The fraction of sp³-hybridized carbons (Fsp3) is 0.0833. The van der Waals surface area contributed by atoms with Crippen molar-refractivity contribution in [3.05, 3.63) is 46.9 Å². The molecule has 2 rings (SSSR count). The first-order chi connectivity index (χ1) is 8.20. The molecule has 0 N–H and O–H groups in total. The van der Waals surface area contributed by atoms with Crippen molar-refractivity contribution < 1.29 is 4.79 Å². The van der Waals surface area contributed by atoms with E-state index in [1.54, 1.807) is 0 Å². The molecule has 5 heteroatoms. The van der Waals surface area contributed by atoms with Gasteiger partial charge in [0.25, 0.3) is 0 Å². The first-order valence-corrected chi connectivity index (χ1v) is 6.10.